The van der Waals surface area contributed by atoms with Crippen molar-refractivity contribution in [3.8, 4) is 0 Å². The molecule has 0 saturated carbocycles. The zero-order valence-corrected chi connectivity index (χ0v) is 15.7. The van der Waals surface area contributed by atoms with Crippen LogP contribution in [0.2, 0.25) is 0 Å². The van der Waals surface area contributed by atoms with Crippen molar-refractivity contribution in [3.05, 3.63) is 28.2 Å². The molecule has 1 rings (SSSR count). The van der Waals surface area contributed by atoms with Crippen molar-refractivity contribution in [2.75, 3.05) is 25.0 Å². The number of halogens is 4. The maximum atomic E-state index is 12.2. The second-order valence-electron chi connectivity index (χ2n) is 5.31. The normalized spacial score (nSPS) is 12.0. The summed E-state index contributed by atoms with van der Waals surface area (Å²) in [5.74, 6) is 0.0676. The van der Waals surface area contributed by atoms with Gasteiger partial charge in [0.05, 0.1) is 13.0 Å². The van der Waals surface area contributed by atoms with Crippen LogP contribution in [0.5, 0.6) is 0 Å². The van der Waals surface area contributed by atoms with Gasteiger partial charge in [0.2, 0.25) is 5.91 Å². The van der Waals surface area contributed by atoms with Crippen LogP contribution in [0, 0.1) is 6.92 Å². The molecule has 0 aliphatic carbocycles. The largest absolute Gasteiger partial charge is 0.390 e. The van der Waals surface area contributed by atoms with E-state index in [1.165, 1.54) is 0 Å². The molecule has 1 aromatic rings. The van der Waals surface area contributed by atoms with Crippen LogP contribution in [0.15, 0.2) is 27.7 Å². The molecule has 0 radical (unpaired) electrons. The van der Waals surface area contributed by atoms with Gasteiger partial charge in [-0.25, -0.2) is 0 Å². The first-order valence-electron chi connectivity index (χ1n) is 7.86. The monoisotopic (exact) mass is 422 g/mol. The summed E-state index contributed by atoms with van der Waals surface area (Å²) < 4.78 is 37.3. The van der Waals surface area contributed by atoms with E-state index >= 15 is 0 Å². The second kappa shape index (κ2) is 10.3. The van der Waals surface area contributed by atoms with E-state index in [1.54, 1.807) is 0 Å². The zero-order valence-electron chi connectivity index (χ0n) is 14.1. The molecule has 0 fully saturated rings. The molecule has 1 aromatic carbocycles. The average molecular weight is 423 g/mol. The molecule has 5 nitrogen and oxygen atoms in total. The minimum absolute atomic E-state index is 0.162. The summed E-state index contributed by atoms with van der Waals surface area (Å²) in [5, 5.41) is 8.50. The summed E-state index contributed by atoms with van der Waals surface area (Å²) >= 11 is 3.35. The van der Waals surface area contributed by atoms with Crippen LogP contribution in [0.4, 0.5) is 18.9 Å². The lowest BCUT2D eigenvalue weighted by Gasteiger charge is -2.12. The number of guanidine groups is 1. The van der Waals surface area contributed by atoms with Crippen molar-refractivity contribution < 1.29 is 18.0 Å². The van der Waals surface area contributed by atoms with Crippen LogP contribution in [0.3, 0.4) is 0 Å². The van der Waals surface area contributed by atoms with Crippen molar-refractivity contribution in [1.29, 1.82) is 0 Å². The highest BCUT2D eigenvalue weighted by Crippen LogP contribution is 2.20. The van der Waals surface area contributed by atoms with Crippen molar-refractivity contribution in [2.24, 2.45) is 4.99 Å². The van der Waals surface area contributed by atoms with E-state index in [0.29, 0.717) is 12.2 Å². The van der Waals surface area contributed by atoms with Gasteiger partial charge in [-0.3, -0.25) is 9.79 Å². The molecule has 1 amide bonds. The number of aryl methyl sites for hydroxylation is 1. The lowest BCUT2D eigenvalue weighted by molar-refractivity contribution is -0.132. The molecule has 0 aliphatic rings. The number of amides is 1. The molecule has 0 aromatic heterocycles. The van der Waals surface area contributed by atoms with Crippen molar-refractivity contribution in [3.63, 3.8) is 0 Å². The Balaban J connectivity index is 2.45. The number of alkyl halides is 3. The van der Waals surface area contributed by atoms with Crippen LogP contribution >= 0.6 is 15.9 Å². The Morgan fingerprint density at radius 2 is 2.00 bits per heavy atom. The Hall–Kier alpha value is -1.77. The fraction of sp³-hybridized carbons (Fsp3) is 0.500. The van der Waals surface area contributed by atoms with Gasteiger partial charge in [-0.05, 0) is 31.5 Å². The van der Waals surface area contributed by atoms with E-state index in [0.717, 1.165) is 10.0 Å². The van der Waals surface area contributed by atoms with Crippen molar-refractivity contribution >= 4 is 33.5 Å². The van der Waals surface area contributed by atoms with E-state index in [2.05, 4.69) is 36.9 Å². The van der Waals surface area contributed by atoms with Crippen LogP contribution < -0.4 is 16.0 Å². The number of nitrogens with one attached hydrogen (secondary N) is 3. The topological polar surface area (TPSA) is 65.5 Å². The highest BCUT2D eigenvalue weighted by Gasteiger charge is 2.26. The van der Waals surface area contributed by atoms with Gasteiger partial charge in [0.1, 0.15) is 0 Å². The van der Waals surface area contributed by atoms with Gasteiger partial charge < -0.3 is 16.0 Å². The standard InChI is InChI=1S/C16H22BrF3N4O/c1-3-21-15(23-9-7-16(18,19)20)22-8-6-14(25)24-13-10-12(17)5-4-11(13)2/h4-5,10H,3,6-9H2,1-2H3,(H,24,25)(H2,21,22,23). The van der Waals surface area contributed by atoms with Gasteiger partial charge >= 0.3 is 6.18 Å². The van der Waals surface area contributed by atoms with Gasteiger partial charge in [0.25, 0.3) is 0 Å². The lowest BCUT2D eigenvalue weighted by Crippen LogP contribution is -2.39. The highest BCUT2D eigenvalue weighted by molar-refractivity contribution is 9.10. The van der Waals surface area contributed by atoms with Gasteiger partial charge in [0, 0.05) is 29.7 Å². The molecule has 140 valence electrons. The highest BCUT2D eigenvalue weighted by atomic mass is 79.9. The predicted octanol–water partition coefficient (Wildman–Crippen LogP) is 3.59. The number of anilines is 1. The Labute approximate surface area is 153 Å². The van der Waals surface area contributed by atoms with E-state index in [4.69, 9.17) is 0 Å². The zero-order chi connectivity index (χ0) is 18.9. The summed E-state index contributed by atoms with van der Waals surface area (Å²) in [6, 6.07) is 5.57. The molecule has 0 aliphatic heterocycles. The third-order valence-corrected chi connectivity index (χ3v) is 3.62. The fourth-order valence-corrected chi connectivity index (χ4v) is 2.23. The first-order chi connectivity index (χ1) is 11.7. The predicted molar refractivity (Wildman–Crippen MR) is 96.8 cm³/mol. The fourth-order valence-electron chi connectivity index (χ4n) is 1.87. The minimum Gasteiger partial charge on any atom is -0.357 e. The van der Waals surface area contributed by atoms with Gasteiger partial charge in [0.15, 0.2) is 5.96 Å². The summed E-state index contributed by atoms with van der Waals surface area (Å²) in [4.78, 5) is 15.8. The van der Waals surface area contributed by atoms with E-state index in [1.807, 2.05) is 32.0 Å². The average Bonchev–Trinajstić information content (AvgIpc) is 2.49. The molecular formula is C16H22BrF3N4O. The maximum absolute atomic E-state index is 12.2. The Kier molecular flexibility index (Phi) is 8.74. The van der Waals surface area contributed by atoms with E-state index in [-0.39, 0.29) is 31.4 Å². The molecule has 0 heterocycles. The number of nitrogens with zero attached hydrogens (tertiary/aromatic N) is 1. The third kappa shape index (κ3) is 9.33. The van der Waals surface area contributed by atoms with Crippen molar-refractivity contribution in [1.82, 2.24) is 10.6 Å². The van der Waals surface area contributed by atoms with Crippen LogP contribution in [-0.4, -0.2) is 37.7 Å². The molecular weight excluding hydrogens is 401 g/mol. The van der Waals surface area contributed by atoms with Crippen molar-refractivity contribution in [2.45, 2.75) is 32.9 Å². The van der Waals surface area contributed by atoms with Crippen LogP contribution in [-0.2, 0) is 4.79 Å². The number of rotatable bonds is 7. The van der Waals surface area contributed by atoms with Gasteiger partial charge in [-0.2, -0.15) is 13.2 Å². The smallest absolute Gasteiger partial charge is 0.357 e. The van der Waals surface area contributed by atoms with Gasteiger partial charge in [-0.1, -0.05) is 22.0 Å². The molecule has 3 N–H and O–H groups in total. The Morgan fingerprint density at radius 1 is 1.28 bits per heavy atom. The molecule has 0 bridgehead atoms. The van der Waals surface area contributed by atoms with Crippen LogP contribution in [0.25, 0.3) is 0 Å². The first-order valence-corrected chi connectivity index (χ1v) is 8.65. The Bertz CT molecular complexity index is 606. The first kappa shape index (κ1) is 21.3. The summed E-state index contributed by atoms with van der Waals surface area (Å²) in [7, 11) is 0. The second-order valence-corrected chi connectivity index (χ2v) is 6.23. The number of benzene rings is 1. The quantitative estimate of drug-likeness (QED) is 0.464. The molecule has 0 spiro atoms. The van der Waals surface area contributed by atoms with E-state index in [9.17, 15) is 18.0 Å². The number of hydrogen-bond acceptors (Lipinski definition) is 2. The number of aliphatic imine (C=N–C) groups is 1. The molecule has 25 heavy (non-hydrogen) atoms. The maximum Gasteiger partial charge on any atom is 0.390 e. The SMILES string of the molecule is CCNC(=NCCC(F)(F)F)NCCC(=O)Nc1cc(Br)ccc1C. The molecule has 0 saturated heterocycles. The third-order valence-electron chi connectivity index (χ3n) is 3.13. The number of carbonyl (C=O) groups excluding carboxylic acids is 1. The summed E-state index contributed by atoms with van der Waals surface area (Å²) in [6.07, 6.45) is -5.05. The van der Waals surface area contributed by atoms with Gasteiger partial charge in [-0.15, -0.1) is 0 Å². The molecule has 0 atom stereocenters. The number of hydrogen-bond donors (Lipinski definition) is 3. The summed E-state index contributed by atoms with van der Waals surface area (Å²) in [6.45, 7) is 4.11. The Morgan fingerprint density at radius 3 is 2.64 bits per heavy atom. The minimum atomic E-state index is -4.23. The van der Waals surface area contributed by atoms with E-state index < -0.39 is 12.6 Å². The molecule has 9 heteroatoms. The van der Waals surface area contributed by atoms with Crippen LogP contribution in [0.1, 0.15) is 25.3 Å². The lowest BCUT2D eigenvalue weighted by atomic mass is 10.2. The molecule has 0 unspecified atom stereocenters. The number of carbonyl (C=O) groups is 1. The summed E-state index contributed by atoms with van der Waals surface area (Å²) in [5.41, 5.74) is 1.65.